The second kappa shape index (κ2) is 6.20. The Hall–Kier alpha value is -1.75. The van der Waals surface area contributed by atoms with Crippen molar-refractivity contribution in [2.45, 2.75) is 56.0 Å². The van der Waals surface area contributed by atoms with E-state index >= 15 is 0 Å². The molecule has 1 heterocycles. The van der Waals surface area contributed by atoms with Crippen molar-refractivity contribution in [1.29, 1.82) is 0 Å². The number of hydrogen-bond donors (Lipinski definition) is 1. The van der Waals surface area contributed by atoms with Crippen LogP contribution in [0.15, 0.2) is 24.3 Å². The molecule has 3 aliphatic rings. The summed E-state index contributed by atoms with van der Waals surface area (Å²) in [7, 11) is 0. The number of halogens is 1. The molecular weight excluding hydrogens is 340 g/mol. The number of benzene rings is 1. The monoisotopic (exact) mass is 362 g/mol. The SMILES string of the molecule is O=C(O)N1CCC(N(C(=O)C2(c3ccc(Cl)cc3)CC2)C2CC2)CC1. The summed E-state index contributed by atoms with van der Waals surface area (Å²) in [5.41, 5.74) is 0.687. The lowest BCUT2D eigenvalue weighted by molar-refractivity contribution is -0.138. The van der Waals surface area contributed by atoms with E-state index in [0.717, 1.165) is 44.1 Å². The lowest BCUT2D eigenvalue weighted by Gasteiger charge is -2.39. The van der Waals surface area contributed by atoms with Crippen LogP contribution in [0.3, 0.4) is 0 Å². The van der Waals surface area contributed by atoms with E-state index in [9.17, 15) is 9.59 Å². The van der Waals surface area contributed by atoms with E-state index in [1.165, 1.54) is 4.90 Å². The van der Waals surface area contributed by atoms with E-state index in [4.69, 9.17) is 16.7 Å². The largest absolute Gasteiger partial charge is 0.465 e. The van der Waals surface area contributed by atoms with E-state index in [2.05, 4.69) is 4.90 Å². The molecule has 2 amide bonds. The standard InChI is InChI=1S/C19H23ClN2O3/c20-14-3-1-13(2-4-14)19(9-10-19)17(23)22(15-5-6-15)16-7-11-21(12-8-16)18(24)25/h1-4,15-16H,5-12H2,(H,24,25). The second-order valence-electron chi connectivity index (χ2n) is 7.53. The molecule has 0 atom stereocenters. The van der Waals surface area contributed by atoms with Crippen LogP contribution in [0.25, 0.3) is 0 Å². The number of carbonyl (C=O) groups excluding carboxylic acids is 1. The highest BCUT2D eigenvalue weighted by molar-refractivity contribution is 6.30. The molecule has 6 heteroatoms. The molecule has 1 aromatic carbocycles. The van der Waals surface area contributed by atoms with Crippen molar-refractivity contribution >= 4 is 23.6 Å². The van der Waals surface area contributed by atoms with Gasteiger partial charge in [-0.05, 0) is 56.2 Å². The van der Waals surface area contributed by atoms with Crippen LogP contribution in [0, 0.1) is 0 Å². The number of amides is 2. The smallest absolute Gasteiger partial charge is 0.407 e. The Balaban J connectivity index is 1.52. The van der Waals surface area contributed by atoms with Crippen LogP contribution >= 0.6 is 11.6 Å². The average molecular weight is 363 g/mol. The minimum atomic E-state index is -0.859. The van der Waals surface area contributed by atoms with E-state index in [1.807, 2.05) is 24.3 Å². The van der Waals surface area contributed by atoms with Gasteiger partial charge in [0.1, 0.15) is 0 Å². The molecule has 0 aromatic heterocycles. The van der Waals surface area contributed by atoms with Crippen LogP contribution in [0.4, 0.5) is 4.79 Å². The van der Waals surface area contributed by atoms with Crippen molar-refractivity contribution in [3.8, 4) is 0 Å². The Bertz CT molecular complexity index is 674. The predicted molar refractivity (Wildman–Crippen MR) is 94.9 cm³/mol. The molecule has 0 spiro atoms. The summed E-state index contributed by atoms with van der Waals surface area (Å²) in [5.74, 6) is 0.242. The molecule has 1 N–H and O–H groups in total. The molecule has 0 radical (unpaired) electrons. The maximum atomic E-state index is 13.5. The zero-order valence-electron chi connectivity index (χ0n) is 14.2. The number of rotatable bonds is 4. The number of hydrogen-bond acceptors (Lipinski definition) is 2. The minimum absolute atomic E-state index is 0.167. The van der Waals surface area contributed by atoms with Crippen molar-refractivity contribution in [3.63, 3.8) is 0 Å². The van der Waals surface area contributed by atoms with E-state index < -0.39 is 6.09 Å². The lowest BCUT2D eigenvalue weighted by Crippen LogP contribution is -2.52. The van der Waals surface area contributed by atoms with Crippen molar-refractivity contribution in [3.05, 3.63) is 34.9 Å². The molecule has 1 aliphatic heterocycles. The second-order valence-corrected chi connectivity index (χ2v) is 7.97. The summed E-state index contributed by atoms with van der Waals surface area (Å²) in [6.45, 7) is 1.04. The van der Waals surface area contributed by atoms with Gasteiger partial charge in [-0.3, -0.25) is 4.79 Å². The summed E-state index contributed by atoms with van der Waals surface area (Å²) in [5, 5.41) is 9.83. The van der Waals surface area contributed by atoms with Gasteiger partial charge in [0.25, 0.3) is 0 Å². The van der Waals surface area contributed by atoms with Crippen molar-refractivity contribution in [1.82, 2.24) is 9.80 Å². The van der Waals surface area contributed by atoms with Gasteiger partial charge in [-0.2, -0.15) is 0 Å². The van der Waals surface area contributed by atoms with Gasteiger partial charge in [0.15, 0.2) is 0 Å². The van der Waals surface area contributed by atoms with Crippen molar-refractivity contribution in [2.24, 2.45) is 0 Å². The summed E-state index contributed by atoms with van der Waals surface area (Å²) in [6, 6.07) is 8.18. The number of carboxylic acid groups (broad SMARTS) is 1. The number of likely N-dealkylation sites (tertiary alicyclic amines) is 1. The Morgan fingerprint density at radius 3 is 2.08 bits per heavy atom. The van der Waals surface area contributed by atoms with Crippen LogP contribution in [0.2, 0.25) is 5.02 Å². The molecule has 25 heavy (non-hydrogen) atoms. The Morgan fingerprint density at radius 2 is 1.60 bits per heavy atom. The highest BCUT2D eigenvalue weighted by atomic mass is 35.5. The Labute approximate surface area is 152 Å². The van der Waals surface area contributed by atoms with E-state index in [1.54, 1.807) is 0 Å². The molecule has 1 aromatic rings. The summed E-state index contributed by atoms with van der Waals surface area (Å²) < 4.78 is 0. The predicted octanol–water partition coefficient (Wildman–Crippen LogP) is 3.51. The third kappa shape index (κ3) is 3.10. The Kier molecular flexibility index (Phi) is 4.14. The van der Waals surface area contributed by atoms with Crippen LogP contribution in [-0.4, -0.2) is 52.1 Å². The quantitative estimate of drug-likeness (QED) is 0.891. The fraction of sp³-hybridized carbons (Fsp3) is 0.579. The van der Waals surface area contributed by atoms with Crippen LogP contribution in [0.5, 0.6) is 0 Å². The van der Waals surface area contributed by atoms with Gasteiger partial charge < -0.3 is 14.9 Å². The molecule has 2 saturated carbocycles. The summed E-state index contributed by atoms with van der Waals surface area (Å²) >= 11 is 6.00. The summed E-state index contributed by atoms with van der Waals surface area (Å²) in [4.78, 5) is 28.2. The minimum Gasteiger partial charge on any atom is -0.465 e. The van der Waals surface area contributed by atoms with Crippen LogP contribution in [-0.2, 0) is 10.2 Å². The molecule has 134 valence electrons. The molecule has 1 saturated heterocycles. The number of piperidine rings is 1. The van der Waals surface area contributed by atoms with Crippen LogP contribution < -0.4 is 0 Å². The molecule has 5 nitrogen and oxygen atoms in total. The normalized spacial score (nSPS) is 22.5. The van der Waals surface area contributed by atoms with Gasteiger partial charge in [-0.1, -0.05) is 23.7 Å². The fourth-order valence-corrected chi connectivity index (χ4v) is 4.21. The summed E-state index contributed by atoms with van der Waals surface area (Å²) in [6.07, 6.45) is 4.55. The van der Waals surface area contributed by atoms with Gasteiger partial charge in [0, 0.05) is 30.2 Å². The van der Waals surface area contributed by atoms with Gasteiger partial charge in [0.2, 0.25) is 5.91 Å². The first kappa shape index (κ1) is 16.7. The maximum Gasteiger partial charge on any atom is 0.407 e. The highest BCUT2D eigenvalue weighted by Gasteiger charge is 2.56. The first-order chi connectivity index (χ1) is 12.0. The topological polar surface area (TPSA) is 60.9 Å². The molecule has 2 aliphatic carbocycles. The van der Waals surface area contributed by atoms with Crippen molar-refractivity contribution in [2.75, 3.05) is 13.1 Å². The lowest BCUT2D eigenvalue weighted by atomic mass is 9.92. The van der Waals surface area contributed by atoms with E-state index in [0.29, 0.717) is 24.2 Å². The Morgan fingerprint density at radius 1 is 1.04 bits per heavy atom. The zero-order valence-corrected chi connectivity index (χ0v) is 14.9. The first-order valence-corrected chi connectivity index (χ1v) is 9.46. The molecular formula is C19H23ClN2O3. The zero-order chi connectivity index (χ0) is 17.6. The van der Waals surface area contributed by atoms with Gasteiger partial charge in [-0.25, -0.2) is 4.79 Å². The molecule has 0 bridgehead atoms. The molecule has 4 rings (SSSR count). The first-order valence-electron chi connectivity index (χ1n) is 9.08. The van der Waals surface area contributed by atoms with Crippen molar-refractivity contribution < 1.29 is 14.7 Å². The van der Waals surface area contributed by atoms with E-state index in [-0.39, 0.29) is 17.4 Å². The molecule has 0 unspecified atom stereocenters. The number of nitrogens with zero attached hydrogens (tertiary/aromatic N) is 2. The van der Waals surface area contributed by atoms with Gasteiger partial charge in [-0.15, -0.1) is 0 Å². The highest BCUT2D eigenvalue weighted by Crippen LogP contribution is 2.51. The van der Waals surface area contributed by atoms with Gasteiger partial charge in [0.05, 0.1) is 5.41 Å². The average Bonchev–Trinajstić information content (AvgIpc) is 3.50. The maximum absolute atomic E-state index is 13.5. The van der Waals surface area contributed by atoms with Gasteiger partial charge >= 0.3 is 6.09 Å². The third-order valence-corrected chi connectivity index (χ3v) is 6.11. The number of carbonyl (C=O) groups is 2. The molecule has 3 fully saturated rings. The fourth-order valence-electron chi connectivity index (χ4n) is 4.08. The van der Waals surface area contributed by atoms with Crippen LogP contribution in [0.1, 0.15) is 44.1 Å². The third-order valence-electron chi connectivity index (χ3n) is 5.86.